The maximum absolute atomic E-state index is 5.83. The molecule has 3 atom stereocenters. The van der Waals surface area contributed by atoms with Crippen molar-refractivity contribution in [2.24, 2.45) is 5.73 Å². The van der Waals surface area contributed by atoms with Crippen molar-refractivity contribution in [3.05, 3.63) is 0 Å². The van der Waals surface area contributed by atoms with Crippen molar-refractivity contribution >= 4 is 0 Å². The summed E-state index contributed by atoms with van der Waals surface area (Å²) in [5.74, 6) is 0. The van der Waals surface area contributed by atoms with E-state index in [1.54, 1.807) is 0 Å². The molecule has 0 aliphatic carbocycles. The van der Waals surface area contributed by atoms with Crippen LogP contribution < -0.4 is 5.73 Å². The Bertz CT molecular complexity index is 119. The van der Waals surface area contributed by atoms with Gasteiger partial charge < -0.3 is 15.2 Å². The van der Waals surface area contributed by atoms with Crippen LogP contribution in [-0.4, -0.2) is 31.5 Å². The molecular formula is C10H23NO2. The summed E-state index contributed by atoms with van der Waals surface area (Å²) in [5.41, 5.74) is 5.83. The average molecular weight is 189 g/mol. The summed E-state index contributed by atoms with van der Waals surface area (Å²) in [6.07, 6.45) is 1.19. The predicted octanol–water partition coefficient (Wildman–Crippen LogP) is 1.55. The highest BCUT2D eigenvalue weighted by molar-refractivity contribution is 4.68. The topological polar surface area (TPSA) is 44.5 Å². The van der Waals surface area contributed by atoms with Crippen LogP contribution in [0, 0.1) is 0 Å². The summed E-state index contributed by atoms with van der Waals surface area (Å²) in [4.78, 5) is 0. The number of hydrogen-bond donors (Lipinski definition) is 1. The Morgan fingerprint density at radius 1 is 1.23 bits per heavy atom. The van der Waals surface area contributed by atoms with Gasteiger partial charge in [0.2, 0.25) is 0 Å². The van der Waals surface area contributed by atoms with Gasteiger partial charge >= 0.3 is 0 Å². The first-order valence-corrected chi connectivity index (χ1v) is 5.10. The Morgan fingerprint density at radius 3 is 2.31 bits per heavy atom. The van der Waals surface area contributed by atoms with E-state index in [0.29, 0.717) is 6.61 Å². The van der Waals surface area contributed by atoms with Gasteiger partial charge in [-0.25, -0.2) is 0 Å². The zero-order valence-corrected chi connectivity index (χ0v) is 9.25. The second-order valence-corrected chi connectivity index (χ2v) is 3.38. The molecule has 0 radical (unpaired) electrons. The smallest absolute Gasteiger partial charge is 0.0784 e. The molecule has 13 heavy (non-hydrogen) atoms. The quantitative estimate of drug-likeness (QED) is 0.661. The fraction of sp³-hybridized carbons (Fsp3) is 1.00. The molecule has 0 fully saturated rings. The second kappa shape index (κ2) is 7.30. The molecule has 0 saturated heterocycles. The maximum Gasteiger partial charge on any atom is 0.0784 e. The normalized spacial score (nSPS) is 18.2. The van der Waals surface area contributed by atoms with Crippen LogP contribution in [0.2, 0.25) is 0 Å². The molecule has 0 aliphatic heterocycles. The van der Waals surface area contributed by atoms with Crippen LogP contribution in [-0.2, 0) is 9.47 Å². The minimum Gasteiger partial charge on any atom is -0.379 e. The lowest BCUT2D eigenvalue weighted by molar-refractivity contribution is -0.0480. The number of rotatable bonds is 7. The van der Waals surface area contributed by atoms with E-state index in [0.717, 1.165) is 13.0 Å². The van der Waals surface area contributed by atoms with Crippen molar-refractivity contribution < 1.29 is 9.47 Å². The molecule has 2 N–H and O–H groups in total. The Morgan fingerprint density at radius 2 is 1.85 bits per heavy atom. The predicted molar refractivity (Wildman–Crippen MR) is 54.8 cm³/mol. The molecule has 0 aromatic heterocycles. The highest BCUT2D eigenvalue weighted by atomic mass is 16.5. The van der Waals surface area contributed by atoms with Gasteiger partial charge in [0, 0.05) is 12.6 Å². The third kappa shape index (κ3) is 6.02. The molecule has 0 spiro atoms. The molecule has 0 amide bonds. The first kappa shape index (κ1) is 12.9. The first-order chi connectivity index (χ1) is 6.11. The number of ether oxygens (including phenoxy) is 2. The third-order valence-corrected chi connectivity index (χ3v) is 2.08. The van der Waals surface area contributed by atoms with Gasteiger partial charge in [0.05, 0.1) is 18.8 Å². The zero-order valence-electron chi connectivity index (χ0n) is 9.25. The summed E-state index contributed by atoms with van der Waals surface area (Å²) < 4.78 is 10.9. The number of nitrogens with two attached hydrogens (primary N) is 1. The van der Waals surface area contributed by atoms with Crippen molar-refractivity contribution in [2.75, 3.05) is 13.2 Å². The molecule has 0 heterocycles. The molecule has 0 saturated carbocycles. The van der Waals surface area contributed by atoms with Crippen LogP contribution in [0.4, 0.5) is 0 Å². The van der Waals surface area contributed by atoms with E-state index in [1.807, 2.05) is 20.8 Å². The van der Waals surface area contributed by atoms with Gasteiger partial charge in [-0.15, -0.1) is 0 Å². The summed E-state index contributed by atoms with van der Waals surface area (Å²) in [5, 5.41) is 0. The zero-order chi connectivity index (χ0) is 10.3. The highest BCUT2D eigenvalue weighted by Gasteiger charge is 2.14. The molecule has 3 unspecified atom stereocenters. The molecule has 0 aliphatic rings. The Hall–Kier alpha value is -0.120. The van der Waals surface area contributed by atoms with Gasteiger partial charge in [0.25, 0.3) is 0 Å². The van der Waals surface area contributed by atoms with Crippen molar-refractivity contribution in [2.45, 2.75) is 52.4 Å². The molecule has 80 valence electrons. The van der Waals surface area contributed by atoms with Crippen LogP contribution in [0.15, 0.2) is 0 Å². The molecule has 0 aromatic carbocycles. The van der Waals surface area contributed by atoms with E-state index in [2.05, 4.69) is 6.92 Å². The molecule has 0 bridgehead atoms. The van der Waals surface area contributed by atoms with Crippen LogP contribution in [0.1, 0.15) is 34.1 Å². The molecule has 3 heteroatoms. The maximum atomic E-state index is 5.83. The highest BCUT2D eigenvalue weighted by Crippen LogP contribution is 2.04. The lowest BCUT2D eigenvalue weighted by Gasteiger charge is -2.23. The van der Waals surface area contributed by atoms with Crippen molar-refractivity contribution in [1.82, 2.24) is 0 Å². The van der Waals surface area contributed by atoms with Crippen LogP contribution in [0.5, 0.6) is 0 Å². The van der Waals surface area contributed by atoms with E-state index < -0.39 is 0 Å². The van der Waals surface area contributed by atoms with Crippen molar-refractivity contribution in [3.8, 4) is 0 Å². The van der Waals surface area contributed by atoms with Gasteiger partial charge in [-0.1, -0.05) is 6.92 Å². The Labute approximate surface area is 81.6 Å². The third-order valence-electron chi connectivity index (χ3n) is 2.08. The lowest BCUT2D eigenvalue weighted by Crippen LogP contribution is -2.37. The summed E-state index contributed by atoms with van der Waals surface area (Å²) in [6, 6.07) is 0.129. The van der Waals surface area contributed by atoms with Crippen LogP contribution >= 0.6 is 0 Å². The van der Waals surface area contributed by atoms with E-state index >= 15 is 0 Å². The lowest BCUT2D eigenvalue weighted by atomic mass is 10.1. The van der Waals surface area contributed by atoms with Crippen molar-refractivity contribution in [1.29, 1.82) is 0 Å². The van der Waals surface area contributed by atoms with E-state index in [-0.39, 0.29) is 18.2 Å². The number of hydrogen-bond acceptors (Lipinski definition) is 3. The fourth-order valence-electron chi connectivity index (χ4n) is 1.12. The summed E-state index contributed by atoms with van der Waals surface area (Å²) in [7, 11) is 0. The molecule has 0 rings (SSSR count). The van der Waals surface area contributed by atoms with E-state index in [1.165, 1.54) is 0 Å². The van der Waals surface area contributed by atoms with Gasteiger partial charge in [0.1, 0.15) is 0 Å². The summed E-state index contributed by atoms with van der Waals surface area (Å²) >= 11 is 0. The van der Waals surface area contributed by atoms with E-state index in [9.17, 15) is 0 Å². The summed E-state index contributed by atoms with van der Waals surface area (Å²) in [6.45, 7) is 9.45. The Balaban J connectivity index is 3.57. The van der Waals surface area contributed by atoms with Crippen molar-refractivity contribution in [3.63, 3.8) is 0 Å². The fourth-order valence-corrected chi connectivity index (χ4v) is 1.12. The van der Waals surface area contributed by atoms with Gasteiger partial charge in [0.15, 0.2) is 0 Å². The second-order valence-electron chi connectivity index (χ2n) is 3.38. The largest absolute Gasteiger partial charge is 0.379 e. The van der Waals surface area contributed by atoms with Gasteiger partial charge in [-0.05, 0) is 27.2 Å². The SMILES string of the molecule is CCOCC(C)OC(C)C(N)CC. The van der Waals surface area contributed by atoms with Gasteiger partial charge in [-0.2, -0.15) is 0 Å². The van der Waals surface area contributed by atoms with Crippen LogP contribution in [0.25, 0.3) is 0 Å². The molecule has 0 aromatic rings. The average Bonchev–Trinajstić information content (AvgIpc) is 2.13. The minimum absolute atomic E-state index is 0.112. The Kier molecular flexibility index (Phi) is 7.23. The minimum atomic E-state index is 0.112. The molecule has 3 nitrogen and oxygen atoms in total. The van der Waals surface area contributed by atoms with E-state index in [4.69, 9.17) is 15.2 Å². The molecular weight excluding hydrogens is 166 g/mol. The van der Waals surface area contributed by atoms with Gasteiger partial charge in [-0.3, -0.25) is 0 Å². The monoisotopic (exact) mass is 189 g/mol. The van der Waals surface area contributed by atoms with Crippen LogP contribution in [0.3, 0.4) is 0 Å². The standard InChI is InChI=1S/C10H23NO2/c1-5-10(11)9(4)13-8(3)7-12-6-2/h8-10H,5-7,11H2,1-4H3. The first-order valence-electron chi connectivity index (χ1n) is 5.10.